The van der Waals surface area contributed by atoms with Crippen LogP contribution in [0.2, 0.25) is 0 Å². The van der Waals surface area contributed by atoms with Crippen molar-refractivity contribution in [1.82, 2.24) is 10.2 Å². The molecule has 1 amide bonds. The molecule has 1 saturated carbocycles. The van der Waals surface area contributed by atoms with Crippen molar-refractivity contribution < 1.29 is 19.8 Å². The molecular weight excluding hydrogens is 248 g/mol. The van der Waals surface area contributed by atoms with E-state index >= 15 is 0 Å². The summed E-state index contributed by atoms with van der Waals surface area (Å²) in [6, 6.07) is -0.726. The zero-order valence-corrected chi connectivity index (χ0v) is 11.0. The number of aliphatic hydroxyl groups excluding tert-OH is 1. The first-order valence-corrected chi connectivity index (χ1v) is 6.98. The number of aliphatic hydroxyl groups is 1. The number of nitrogens with one attached hydrogen (secondary N) is 1. The molecule has 108 valence electrons. The van der Waals surface area contributed by atoms with Crippen LogP contribution in [0.15, 0.2) is 0 Å². The highest BCUT2D eigenvalue weighted by molar-refractivity contribution is 5.83. The Hall–Kier alpha value is -1.14. The van der Waals surface area contributed by atoms with E-state index in [0.717, 1.165) is 12.8 Å². The number of carboxylic acid groups (broad SMARTS) is 1. The van der Waals surface area contributed by atoms with E-state index in [1.165, 1.54) is 12.8 Å². The van der Waals surface area contributed by atoms with Gasteiger partial charge in [0.1, 0.15) is 6.04 Å². The van der Waals surface area contributed by atoms with Crippen LogP contribution in [0.3, 0.4) is 0 Å². The molecule has 0 aromatic heterocycles. The minimum Gasteiger partial charge on any atom is -0.480 e. The predicted octanol–water partition coefficient (Wildman–Crippen LogP) is -0.187. The number of carbonyl (C=O) groups excluding carboxylic acids is 1. The van der Waals surface area contributed by atoms with Gasteiger partial charge in [-0.25, -0.2) is 0 Å². The van der Waals surface area contributed by atoms with Crippen molar-refractivity contribution in [3.05, 3.63) is 0 Å². The zero-order chi connectivity index (χ0) is 13.8. The zero-order valence-electron chi connectivity index (χ0n) is 11.0. The molecule has 1 aliphatic heterocycles. The predicted molar refractivity (Wildman–Crippen MR) is 68.6 cm³/mol. The number of amides is 1. The Morgan fingerprint density at radius 3 is 2.74 bits per heavy atom. The molecule has 1 saturated heterocycles. The summed E-state index contributed by atoms with van der Waals surface area (Å²) in [6.07, 6.45) is 4.92. The minimum atomic E-state index is -0.951. The molecule has 2 aliphatic rings. The molecule has 6 heteroatoms. The second-order valence-electron chi connectivity index (χ2n) is 5.63. The van der Waals surface area contributed by atoms with E-state index in [0.29, 0.717) is 12.3 Å². The molecule has 0 bridgehead atoms. The molecule has 19 heavy (non-hydrogen) atoms. The number of hydrogen-bond donors (Lipinski definition) is 3. The summed E-state index contributed by atoms with van der Waals surface area (Å²) >= 11 is 0. The van der Waals surface area contributed by atoms with Crippen LogP contribution in [0.1, 0.15) is 32.1 Å². The Morgan fingerprint density at radius 2 is 2.11 bits per heavy atom. The molecule has 2 rings (SSSR count). The third-order valence-corrected chi connectivity index (χ3v) is 4.09. The number of β-amino-alcohol motifs (C(OH)–C–C–N with tert-alkyl or cyclic N) is 1. The first-order valence-electron chi connectivity index (χ1n) is 6.98. The molecule has 2 atom stereocenters. The monoisotopic (exact) mass is 270 g/mol. The highest BCUT2D eigenvalue weighted by atomic mass is 16.4. The van der Waals surface area contributed by atoms with Crippen molar-refractivity contribution >= 4 is 11.9 Å². The van der Waals surface area contributed by atoms with Crippen molar-refractivity contribution in [2.75, 3.05) is 19.6 Å². The lowest BCUT2D eigenvalue weighted by Gasteiger charge is -2.34. The van der Waals surface area contributed by atoms with Gasteiger partial charge < -0.3 is 15.5 Å². The van der Waals surface area contributed by atoms with E-state index in [1.54, 1.807) is 4.90 Å². The maximum absolute atomic E-state index is 11.3. The molecule has 0 radical (unpaired) electrons. The van der Waals surface area contributed by atoms with Gasteiger partial charge in [0.25, 0.3) is 0 Å². The normalized spacial score (nSPS) is 27.2. The summed E-state index contributed by atoms with van der Waals surface area (Å²) in [5, 5.41) is 21.7. The average Bonchev–Trinajstić information content (AvgIpc) is 2.81. The molecule has 3 N–H and O–H groups in total. The van der Waals surface area contributed by atoms with Crippen LogP contribution in [0.5, 0.6) is 0 Å². The maximum atomic E-state index is 11.3. The third kappa shape index (κ3) is 3.91. The van der Waals surface area contributed by atoms with Gasteiger partial charge in [0, 0.05) is 13.1 Å². The fourth-order valence-corrected chi connectivity index (χ4v) is 3.10. The van der Waals surface area contributed by atoms with Crippen molar-refractivity contribution in [3.8, 4) is 0 Å². The summed E-state index contributed by atoms with van der Waals surface area (Å²) in [4.78, 5) is 24.0. The number of carbonyl (C=O) groups is 2. The van der Waals surface area contributed by atoms with Gasteiger partial charge in [0.05, 0.1) is 12.6 Å². The number of rotatable bonds is 5. The topological polar surface area (TPSA) is 89.9 Å². The van der Waals surface area contributed by atoms with E-state index in [9.17, 15) is 14.7 Å². The molecule has 0 aromatic carbocycles. The molecule has 1 heterocycles. The lowest BCUT2D eigenvalue weighted by Crippen LogP contribution is -2.58. The fraction of sp³-hybridized carbons (Fsp3) is 0.846. The Labute approximate surface area is 112 Å². The number of carboxylic acids is 1. The van der Waals surface area contributed by atoms with E-state index in [2.05, 4.69) is 5.32 Å². The van der Waals surface area contributed by atoms with Crippen LogP contribution in [-0.2, 0) is 9.59 Å². The van der Waals surface area contributed by atoms with E-state index in [1.807, 2.05) is 0 Å². The van der Waals surface area contributed by atoms with E-state index < -0.39 is 18.1 Å². The van der Waals surface area contributed by atoms with E-state index in [4.69, 9.17) is 5.11 Å². The van der Waals surface area contributed by atoms with Crippen LogP contribution in [0.25, 0.3) is 0 Å². The first-order chi connectivity index (χ1) is 9.06. The van der Waals surface area contributed by atoms with Gasteiger partial charge in [-0.2, -0.15) is 0 Å². The Bertz CT molecular complexity index is 342. The fourth-order valence-electron chi connectivity index (χ4n) is 3.10. The summed E-state index contributed by atoms with van der Waals surface area (Å²) in [6.45, 7) is 0.434. The van der Waals surface area contributed by atoms with Crippen molar-refractivity contribution in [1.29, 1.82) is 0 Å². The lowest BCUT2D eigenvalue weighted by molar-refractivity contribution is -0.146. The molecule has 1 aliphatic carbocycles. The standard InChI is InChI=1S/C13H22N2O4/c16-10(5-9-3-1-2-4-9)7-15-8-12(17)14-6-11(15)13(18)19/h9-11,16H,1-8H2,(H,14,17)(H,18,19). The van der Waals surface area contributed by atoms with Crippen LogP contribution in [-0.4, -0.2) is 58.8 Å². The number of piperazine rings is 1. The van der Waals surface area contributed by atoms with Crippen LogP contribution in [0.4, 0.5) is 0 Å². The van der Waals surface area contributed by atoms with Gasteiger partial charge in [-0.1, -0.05) is 25.7 Å². The SMILES string of the molecule is O=C1CN(CC(O)CC2CCCC2)C(C(=O)O)CN1. The Morgan fingerprint density at radius 1 is 1.42 bits per heavy atom. The maximum Gasteiger partial charge on any atom is 0.322 e. The minimum absolute atomic E-state index is 0.0543. The first kappa shape index (κ1) is 14.3. The van der Waals surface area contributed by atoms with Gasteiger partial charge in [0.2, 0.25) is 5.91 Å². The second kappa shape index (κ2) is 6.34. The van der Waals surface area contributed by atoms with Crippen molar-refractivity contribution in [2.24, 2.45) is 5.92 Å². The van der Waals surface area contributed by atoms with Gasteiger partial charge in [-0.3, -0.25) is 14.5 Å². The quantitative estimate of drug-likeness (QED) is 0.644. The molecule has 6 nitrogen and oxygen atoms in total. The number of nitrogens with zero attached hydrogens (tertiary/aromatic N) is 1. The van der Waals surface area contributed by atoms with Crippen molar-refractivity contribution in [2.45, 2.75) is 44.2 Å². The highest BCUT2D eigenvalue weighted by Gasteiger charge is 2.33. The van der Waals surface area contributed by atoms with Crippen molar-refractivity contribution in [3.63, 3.8) is 0 Å². The average molecular weight is 270 g/mol. The van der Waals surface area contributed by atoms with Crippen LogP contribution in [0, 0.1) is 5.92 Å². The molecule has 2 unspecified atom stereocenters. The second-order valence-corrected chi connectivity index (χ2v) is 5.63. The molecule has 0 spiro atoms. The van der Waals surface area contributed by atoms with Crippen LogP contribution >= 0.6 is 0 Å². The summed E-state index contributed by atoms with van der Waals surface area (Å²) in [5.41, 5.74) is 0. The molecule has 0 aromatic rings. The molecule has 2 fully saturated rings. The van der Waals surface area contributed by atoms with Gasteiger partial charge in [-0.15, -0.1) is 0 Å². The number of hydrogen-bond acceptors (Lipinski definition) is 4. The largest absolute Gasteiger partial charge is 0.480 e. The number of aliphatic carboxylic acids is 1. The highest BCUT2D eigenvalue weighted by Crippen LogP contribution is 2.28. The van der Waals surface area contributed by atoms with Gasteiger partial charge in [-0.05, 0) is 12.3 Å². The Balaban J connectivity index is 1.86. The third-order valence-electron chi connectivity index (χ3n) is 4.09. The smallest absolute Gasteiger partial charge is 0.322 e. The lowest BCUT2D eigenvalue weighted by atomic mass is 9.99. The van der Waals surface area contributed by atoms with Crippen LogP contribution < -0.4 is 5.32 Å². The van der Waals surface area contributed by atoms with Gasteiger partial charge in [0.15, 0.2) is 0 Å². The molecular formula is C13H22N2O4. The van der Waals surface area contributed by atoms with Gasteiger partial charge >= 0.3 is 5.97 Å². The van der Waals surface area contributed by atoms with E-state index in [-0.39, 0.29) is 25.5 Å². The summed E-state index contributed by atoms with van der Waals surface area (Å²) in [7, 11) is 0. The Kier molecular flexibility index (Phi) is 4.76. The summed E-state index contributed by atoms with van der Waals surface area (Å²) < 4.78 is 0. The summed E-state index contributed by atoms with van der Waals surface area (Å²) in [5.74, 6) is -0.574.